The lowest BCUT2D eigenvalue weighted by molar-refractivity contribution is -0.00880. The van der Waals surface area contributed by atoms with Crippen molar-refractivity contribution in [1.29, 1.82) is 0 Å². The van der Waals surface area contributed by atoms with Gasteiger partial charge in [0.05, 0.1) is 6.04 Å². The van der Waals surface area contributed by atoms with Crippen LogP contribution in [0.5, 0.6) is 0 Å². The van der Waals surface area contributed by atoms with Crippen LogP contribution in [0.2, 0.25) is 0 Å². The van der Waals surface area contributed by atoms with Crippen LogP contribution in [0.4, 0.5) is 8.78 Å². The minimum absolute atomic E-state index is 0.180. The van der Waals surface area contributed by atoms with Crippen molar-refractivity contribution < 1.29 is 8.78 Å². The standard InChI is InChI=1S/C26H41F2N/c1-5-20-12-9-17-24(19-18-20)29(8-4)25(26(27)28)22(7-3)14-10-13-21(6-2)23-15-11-16-23/h7,9-10,12-14,20,22-26H,3,5-6,8,11,15-19H2,1-2,4H3. The van der Waals surface area contributed by atoms with Gasteiger partial charge in [0.1, 0.15) is 0 Å². The summed E-state index contributed by atoms with van der Waals surface area (Å²) in [7, 11) is 0. The monoisotopic (exact) mass is 405 g/mol. The van der Waals surface area contributed by atoms with Gasteiger partial charge in [-0.2, -0.15) is 0 Å². The second-order valence-electron chi connectivity index (χ2n) is 8.64. The molecule has 1 saturated carbocycles. The molecule has 2 aliphatic rings. The lowest BCUT2D eigenvalue weighted by Gasteiger charge is -2.39. The smallest absolute Gasteiger partial charge is 0.254 e. The van der Waals surface area contributed by atoms with Crippen LogP contribution in [-0.2, 0) is 0 Å². The Morgan fingerprint density at radius 1 is 1.17 bits per heavy atom. The second kappa shape index (κ2) is 12.5. The highest BCUT2D eigenvalue weighted by Gasteiger charge is 2.35. The van der Waals surface area contributed by atoms with Gasteiger partial charge in [-0.15, -0.1) is 6.58 Å². The fourth-order valence-electron chi connectivity index (χ4n) is 4.90. The Balaban J connectivity index is 2.14. The quantitative estimate of drug-likeness (QED) is 0.253. The SMILES string of the molecule is C=CC(C=CC=C(CC)C1CCC1)C(C(F)F)N(CC)C1CC=CC(CC)CC1. The van der Waals surface area contributed by atoms with E-state index < -0.39 is 12.5 Å². The van der Waals surface area contributed by atoms with E-state index >= 15 is 0 Å². The Morgan fingerprint density at radius 3 is 2.45 bits per heavy atom. The molecular formula is C26H41F2N. The van der Waals surface area contributed by atoms with E-state index in [1.165, 1.54) is 24.8 Å². The van der Waals surface area contributed by atoms with E-state index in [0.29, 0.717) is 18.4 Å². The molecular weight excluding hydrogens is 364 g/mol. The predicted octanol–water partition coefficient (Wildman–Crippen LogP) is 7.57. The van der Waals surface area contributed by atoms with E-state index in [1.54, 1.807) is 6.08 Å². The van der Waals surface area contributed by atoms with Crippen molar-refractivity contribution in [2.24, 2.45) is 17.8 Å². The van der Waals surface area contributed by atoms with Crippen LogP contribution in [0.1, 0.15) is 72.1 Å². The van der Waals surface area contributed by atoms with E-state index in [2.05, 4.69) is 38.7 Å². The third-order valence-electron chi connectivity index (χ3n) is 7.03. The molecule has 0 heterocycles. The molecule has 1 fully saturated rings. The molecule has 29 heavy (non-hydrogen) atoms. The zero-order chi connectivity index (χ0) is 21.2. The molecule has 0 radical (unpaired) electrons. The third kappa shape index (κ3) is 6.64. The van der Waals surface area contributed by atoms with Crippen LogP contribution in [0.15, 0.2) is 48.6 Å². The molecule has 4 atom stereocenters. The van der Waals surface area contributed by atoms with E-state index in [1.807, 2.05) is 24.0 Å². The first-order chi connectivity index (χ1) is 14.0. The van der Waals surface area contributed by atoms with Crippen LogP contribution in [-0.4, -0.2) is 30.0 Å². The Hall–Kier alpha value is -1.22. The summed E-state index contributed by atoms with van der Waals surface area (Å²) >= 11 is 0. The Kier molecular flexibility index (Phi) is 10.3. The number of hydrogen-bond acceptors (Lipinski definition) is 1. The van der Waals surface area contributed by atoms with Gasteiger partial charge in [-0.25, -0.2) is 8.78 Å². The fraction of sp³-hybridized carbons (Fsp3) is 0.692. The molecule has 1 nitrogen and oxygen atoms in total. The fourth-order valence-corrected chi connectivity index (χ4v) is 4.90. The molecule has 0 amide bonds. The molecule has 0 aromatic carbocycles. The van der Waals surface area contributed by atoms with Crippen molar-refractivity contribution in [3.63, 3.8) is 0 Å². The minimum Gasteiger partial charge on any atom is -0.291 e. The van der Waals surface area contributed by atoms with Crippen molar-refractivity contribution in [2.75, 3.05) is 6.54 Å². The number of hydrogen-bond donors (Lipinski definition) is 0. The van der Waals surface area contributed by atoms with Crippen LogP contribution < -0.4 is 0 Å². The Morgan fingerprint density at radius 2 is 1.93 bits per heavy atom. The van der Waals surface area contributed by atoms with Crippen LogP contribution >= 0.6 is 0 Å². The lowest BCUT2D eigenvalue weighted by atomic mass is 9.78. The maximum atomic E-state index is 14.3. The summed E-state index contributed by atoms with van der Waals surface area (Å²) < 4.78 is 28.5. The van der Waals surface area contributed by atoms with Crippen molar-refractivity contribution in [1.82, 2.24) is 4.90 Å². The normalized spacial score (nSPS) is 26.0. The van der Waals surface area contributed by atoms with Crippen molar-refractivity contribution in [3.05, 3.63) is 48.6 Å². The minimum atomic E-state index is -2.39. The van der Waals surface area contributed by atoms with Gasteiger partial charge in [0.25, 0.3) is 6.43 Å². The summed E-state index contributed by atoms with van der Waals surface area (Å²) in [6, 6.07) is -0.633. The molecule has 164 valence electrons. The predicted molar refractivity (Wildman–Crippen MR) is 121 cm³/mol. The van der Waals surface area contributed by atoms with Crippen LogP contribution in [0.3, 0.4) is 0 Å². The van der Waals surface area contributed by atoms with Gasteiger partial charge in [-0.3, -0.25) is 4.90 Å². The number of nitrogens with zero attached hydrogens (tertiary/aromatic N) is 1. The van der Waals surface area contributed by atoms with E-state index in [-0.39, 0.29) is 12.0 Å². The average Bonchev–Trinajstić information content (AvgIpc) is 2.92. The van der Waals surface area contributed by atoms with Crippen LogP contribution in [0.25, 0.3) is 0 Å². The molecule has 0 N–H and O–H groups in total. The third-order valence-corrected chi connectivity index (χ3v) is 7.03. The number of allylic oxidation sites excluding steroid dienone is 4. The maximum absolute atomic E-state index is 14.3. The van der Waals surface area contributed by atoms with Crippen molar-refractivity contribution in [2.45, 2.75) is 90.6 Å². The van der Waals surface area contributed by atoms with Crippen molar-refractivity contribution in [3.8, 4) is 0 Å². The lowest BCUT2D eigenvalue weighted by Crippen LogP contribution is -2.49. The molecule has 0 aromatic rings. The van der Waals surface area contributed by atoms with Gasteiger partial charge in [0, 0.05) is 12.0 Å². The maximum Gasteiger partial charge on any atom is 0.254 e. The van der Waals surface area contributed by atoms with E-state index in [9.17, 15) is 8.78 Å². The largest absolute Gasteiger partial charge is 0.291 e. The summed E-state index contributed by atoms with van der Waals surface area (Å²) in [6.07, 6.45) is 18.9. The summed E-state index contributed by atoms with van der Waals surface area (Å²) in [5.41, 5.74) is 1.45. The molecule has 0 aromatic heterocycles. The topological polar surface area (TPSA) is 3.24 Å². The Labute approximate surface area is 177 Å². The van der Waals surface area contributed by atoms with Gasteiger partial charge < -0.3 is 0 Å². The van der Waals surface area contributed by atoms with E-state index in [0.717, 1.165) is 32.1 Å². The molecule has 0 aliphatic heterocycles. The summed E-state index contributed by atoms with van der Waals surface area (Å²) in [5, 5.41) is 0. The van der Waals surface area contributed by atoms with E-state index in [4.69, 9.17) is 0 Å². The first-order valence-corrected chi connectivity index (χ1v) is 11.8. The molecule has 4 unspecified atom stereocenters. The molecule has 0 bridgehead atoms. The van der Waals surface area contributed by atoms with Crippen molar-refractivity contribution >= 4 is 0 Å². The highest BCUT2D eigenvalue weighted by atomic mass is 19.3. The first-order valence-electron chi connectivity index (χ1n) is 11.8. The second-order valence-corrected chi connectivity index (χ2v) is 8.64. The van der Waals surface area contributed by atoms with Crippen LogP contribution in [0, 0.1) is 17.8 Å². The number of rotatable bonds is 11. The molecule has 2 rings (SSSR count). The van der Waals surface area contributed by atoms with Gasteiger partial charge in [0.2, 0.25) is 0 Å². The number of alkyl halides is 2. The summed E-state index contributed by atoms with van der Waals surface area (Å²) in [4.78, 5) is 2.04. The highest BCUT2D eigenvalue weighted by Crippen LogP contribution is 2.35. The summed E-state index contributed by atoms with van der Waals surface area (Å²) in [6.45, 7) is 10.9. The van der Waals surface area contributed by atoms with Gasteiger partial charge in [0.15, 0.2) is 0 Å². The number of halogens is 2. The van der Waals surface area contributed by atoms with Gasteiger partial charge in [-0.1, -0.05) is 69.2 Å². The Bertz CT molecular complexity index is 573. The molecule has 0 saturated heterocycles. The zero-order valence-corrected chi connectivity index (χ0v) is 18.7. The molecule has 3 heteroatoms. The van der Waals surface area contributed by atoms with Gasteiger partial charge >= 0.3 is 0 Å². The molecule has 2 aliphatic carbocycles. The molecule has 0 spiro atoms. The van der Waals surface area contributed by atoms with Gasteiger partial charge in [-0.05, 0) is 63.3 Å². The highest BCUT2D eigenvalue weighted by molar-refractivity contribution is 5.19. The zero-order valence-electron chi connectivity index (χ0n) is 18.7. The first kappa shape index (κ1) is 24.1. The summed E-state index contributed by atoms with van der Waals surface area (Å²) in [5.74, 6) is 0.942. The average molecular weight is 406 g/mol.